The smallest absolute Gasteiger partial charge is 0.0835 e. The molecular formula is C14H16BrCl2N3. The second-order valence-corrected chi connectivity index (χ2v) is 5.98. The first-order valence-corrected chi connectivity index (χ1v) is 8.04. The summed E-state index contributed by atoms with van der Waals surface area (Å²) in [5, 5.41) is 8.89. The van der Waals surface area contributed by atoms with Gasteiger partial charge in [0.25, 0.3) is 0 Å². The summed E-state index contributed by atoms with van der Waals surface area (Å²) in [6, 6.07) is 5.90. The number of nitrogens with one attached hydrogen (secondary N) is 1. The molecule has 2 rings (SSSR count). The van der Waals surface area contributed by atoms with Gasteiger partial charge in [-0.1, -0.05) is 30.1 Å². The third-order valence-corrected chi connectivity index (χ3v) is 4.84. The van der Waals surface area contributed by atoms with E-state index in [4.69, 9.17) is 23.2 Å². The van der Waals surface area contributed by atoms with Crippen molar-refractivity contribution in [1.29, 1.82) is 0 Å². The molecule has 0 saturated heterocycles. The van der Waals surface area contributed by atoms with Crippen LogP contribution in [0.5, 0.6) is 0 Å². The van der Waals surface area contributed by atoms with Crippen LogP contribution >= 0.6 is 39.1 Å². The summed E-state index contributed by atoms with van der Waals surface area (Å²) in [7, 11) is 0. The molecule has 0 spiro atoms. The van der Waals surface area contributed by atoms with Crippen molar-refractivity contribution in [2.75, 3.05) is 5.32 Å². The van der Waals surface area contributed by atoms with Crippen molar-refractivity contribution in [1.82, 2.24) is 9.78 Å². The molecule has 0 fully saturated rings. The molecule has 0 aliphatic heterocycles. The summed E-state index contributed by atoms with van der Waals surface area (Å²) in [4.78, 5) is 0. The van der Waals surface area contributed by atoms with E-state index in [1.807, 2.05) is 16.8 Å². The zero-order chi connectivity index (χ0) is 14.7. The van der Waals surface area contributed by atoms with Gasteiger partial charge in [-0.05, 0) is 47.5 Å². The second kappa shape index (κ2) is 6.83. The van der Waals surface area contributed by atoms with Gasteiger partial charge in [-0.2, -0.15) is 5.10 Å². The molecule has 1 aromatic carbocycles. The molecule has 6 heteroatoms. The Kier molecular flexibility index (Phi) is 5.35. The van der Waals surface area contributed by atoms with E-state index in [0.29, 0.717) is 16.6 Å². The SMILES string of the molecule is CCc1cc(CNc2ccc(Br)c(Cl)c2Cl)n(CC)n1. The zero-order valence-corrected chi connectivity index (χ0v) is 14.5. The molecule has 2 aromatic rings. The maximum atomic E-state index is 6.22. The Hall–Kier alpha value is -0.710. The quantitative estimate of drug-likeness (QED) is 0.731. The van der Waals surface area contributed by atoms with Gasteiger partial charge in [0.15, 0.2) is 0 Å². The van der Waals surface area contributed by atoms with Crippen LogP contribution in [0.25, 0.3) is 0 Å². The fourth-order valence-electron chi connectivity index (χ4n) is 1.95. The summed E-state index contributed by atoms with van der Waals surface area (Å²) in [6.45, 7) is 5.70. The molecule has 0 amide bonds. The predicted octanol–water partition coefficient (Wildman–Crippen LogP) is 5.15. The van der Waals surface area contributed by atoms with E-state index in [1.165, 1.54) is 0 Å². The molecule has 1 N–H and O–H groups in total. The molecular weight excluding hydrogens is 361 g/mol. The van der Waals surface area contributed by atoms with Gasteiger partial charge >= 0.3 is 0 Å². The van der Waals surface area contributed by atoms with Crippen molar-refractivity contribution in [3.8, 4) is 0 Å². The highest BCUT2D eigenvalue weighted by atomic mass is 79.9. The topological polar surface area (TPSA) is 29.9 Å². The highest BCUT2D eigenvalue weighted by molar-refractivity contribution is 9.10. The lowest BCUT2D eigenvalue weighted by molar-refractivity contribution is 0.619. The van der Waals surface area contributed by atoms with Crippen LogP contribution in [0, 0.1) is 0 Å². The number of aryl methyl sites for hydroxylation is 2. The standard InChI is InChI=1S/C14H16BrCl2N3/c1-3-9-7-10(20(4-2)19-9)8-18-12-6-5-11(15)13(16)14(12)17/h5-7,18H,3-4,8H2,1-2H3. The van der Waals surface area contributed by atoms with Gasteiger partial charge in [0.05, 0.1) is 33.7 Å². The van der Waals surface area contributed by atoms with E-state index in [1.54, 1.807) is 0 Å². The van der Waals surface area contributed by atoms with Crippen molar-refractivity contribution in [3.63, 3.8) is 0 Å². The fourth-order valence-corrected chi connectivity index (χ4v) is 2.79. The number of hydrogen-bond acceptors (Lipinski definition) is 2. The van der Waals surface area contributed by atoms with Crippen LogP contribution < -0.4 is 5.32 Å². The average Bonchev–Trinajstić information content (AvgIpc) is 2.86. The van der Waals surface area contributed by atoms with Crippen LogP contribution in [0.1, 0.15) is 25.2 Å². The lowest BCUT2D eigenvalue weighted by Gasteiger charge is -2.11. The monoisotopic (exact) mass is 375 g/mol. The van der Waals surface area contributed by atoms with Gasteiger partial charge in [-0.25, -0.2) is 0 Å². The molecule has 1 heterocycles. The van der Waals surface area contributed by atoms with Crippen LogP contribution in [0.2, 0.25) is 10.0 Å². The Morgan fingerprint density at radius 3 is 2.65 bits per heavy atom. The Balaban J connectivity index is 2.16. The summed E-state index contributed by atoms with van der Waals surface area (Å²) < 4.78 is 2.79. The molecule has 3 nitrogen and oxygen atoms in total. The van der Waals surface area contributed by atoms with Crippen molar-refractivity contribution >= 4 is 44.8 Å². The zero-order valence-electron chi connectivity index (χ0n) is 11.4. The highest BCUT2D eigenvalue weighted by Crippen LogP contribution is 2.35. The Morgan fingerprint density at radius 2 is 2.00 bits per heavy atom. The molecule has 108 valence electrons. The molecule has 0 bridgehead atoms. The number of nitrogens with zero attached hydrogens (tertiary/aromatic N) is 2. The number of benzene rings is 1. The maximum absolute atomic E-state index is 6.22. The van der Waals surface area contributed by atoms with Gasteiger partial charge in [0.1, 0.15) is 0 Å². The van der Waals surface area contributed by atoms with Gasteiger partial charge in [-0.3, -0.25) is 4.68 Å². The second-order valence-electron chi connectivity index (χ2n) is 4.37. The molecule has 0 unspecified atom stereocenters. The van der Waals surface area contributed by atoms with E-state index in [0.717, 1.165) is 34.5 Å². The van der Waals surface area contributed by atoms with Crippen molar-refractivity contribution < 1.29 is 0 Å². The number of hydrogen-bond donors (Lipinski definition) is 1. The largest absolute Gasteiger partial charge is 0.378 e. The van der Waals surface area contributed by atoms with Gasteiger partial charge in [-0.15, -0.1) is 0 Å². The Labute approximate surface area is 137 Å². The van der Waals surface area contributed by atoms with E-state index in [9.17, 15) is 0 Å². The molecule has 0 radical (unpaired) electrons. The lowest BCUT2D eigenvalue weighted by Crippen LogP contribution is -2.08. The van der Waals surface area contributed by atoms with Crippen LogP contribution in [0.15, 0.2) is 22.7 Å². The first kappa shape index (κ1) is 15.7. The maximum Gasteiger partial charge on any atom is 0.0835 e. The van der Waals surface area contributed by atoms with Crippen molar-refractivity contribution in [2.24, 2.45) is 0 Å². The molecule has 0 atom stereocenters. The van der Waals surface area contributed by atoms with Gasteiger partial charge in [0, 0.05) is 11.0 Å². The lowest BCUT2D eigenvalue weighted by atomic mass is 10.3. The minimum atomic E-state index is 0.523. The van der Waals surface area contributed by atoms with E-state index < -0.39 is 0 Å². The number of aromatic nitrogens is 2. The molecule has 0 saturated carbocycles. The first-order valence-electron chi connectivity index (χ1n) is 6.49. The summed E-state index contributed by atoms with van der Waals surface area (Å²) in [5.41, 5.74) is 3.06. The number of halogens is 3. The minimum absolute atomic E-state index is 0.523. The van der Waals surface area contributed by atoms with E-state index in [-0.39, 0.29) is 0 Å². The summed E-state index contributed by atoms with van der Waals surface area (Å²) in [5.74, 6) is 0. The van der Waals surface area contributed by atoms with Crippen molar-refractivity contribution in [3.05, 3.63) is 44.1 Å². The number of anilines is 1. The van der Waals surface area contributed by atoms with Crippen LogP contribution in [-0.2, 0) is 19.5 Å². The van der Waals surface area contributed by atoms with Crippen molar-refractivity contribution in [2.45, 2.75) is 33.4 Å². The van der Waals surface area contributed by atoms with E-state index >= 15 is 0 Å². The van der Waals surface area contributed by atoms with Gasteiger partial charge < -0.3 is 5.32 Å². The third-order valence-electron chi connectivity index (χ3n) is 3.07. The molecule has 1 aromatic heterocycles. The molecule has 0 aliphatic carbocycles. The van der Waals surface area contributed by atoms with E-state index in [2.05, 4.69) is 46.3 Å². The first-order chi connectivity index (χ1) is 9.56. The summed E-state index contributed by atoms with van der Waals surface area (Å²) in [6.07, 6.45) is 0.935. The van der Waals surface area contributed by atoms with Crippen LogP contribution in [-0.4, -0.2) is 9.78 Å². The van der Waals surface area contributed by atoms with Crippen LogP contribution in [0.3, 0.4) is 0 Å². The fraction of sp³-hybridized carbons (Fsp3) is 0.357. The summed E-state index contributed by atoms with van der Waals surface area (Å²) >= 11 is 15.7. The Bertz CT molecular complexity index is 611. The van der Waals surface area contributed by atoms with Crippen LogP contribution in [0.4, 0.5) is 5.69 Å². The third kappa shape index (κ3) is 3.30. The average molecular weight is 377 g/mol. The Morgan fingerprint density at radius 1 is 1.25 bits per heavy atom. The molecule has 0 aliphatic rings. The normalized spacial score (nSPS) is 10.8. The number of rotatable bonds is 5. The molecule has 20 heavy (non-hydrogen) atoms. The predicted molar refractivity (Wildman–Crippen MR) is 88.8 cm³/mol. The highest BCUT2D eigenvalue weighted by Gasteiger charge is 2.10. The van der Waals surface area contributed by atoms with Gasteiger partial charge in [0.2, 0.25) is 0 Å². The minimum Gasteiger partial charge on any atom is -0.378 e.